The molecule has 1 aliphatic rings. The summed E-state index contributed by atoms with van der Waals surface area (Å²) in [4.78, 5) is 0.165. The van der Waals surface area contributed by atoms with E-state index >= 15 is 0 Å². The molecular weight excluding hydrogens is 365 g/mol. The first-order chi connectivity index (χ1) is 11.8. The van der Waals surface area contributed by atoms with Crippen LogP contribution in [0.5, 0.6) is 0 Å². The van der Waals surface area contributed by atoms with Crippen molar-refractivity contribution in [1.29, 1.82) is 0 Å². The minimum Gasteiger partial charge on any atom is -0.380 e. The van der Waals surface area contributed by atoms with E-state index in [9.17, 15) is 12.8 Å². The van der Waals surface area contributed by atoms with Crippen molar-refractivity contribution in [1.82, 2.24) is 0 Å². The molecule has 3 rings (SSSR count). The number of rotatable bonds is 6. The van der Waals surface area contributed by atoms with E-state index in [0.29, 0.717) is 17.2 Å². The largest absolute Gasteiger partial charge is 0.380 e. The van der Waals surface area contributed by atoms with Gasteiger partial charge in [0.25, 0.3) is 0 Å². The Kier molecular flexibility index (Phi) is 4.90. The molecule has 0 unspecified atom stereocenters. The SMILES string of the molecule is CCOC[C@]1(N)[C@H](c2ccc(F)cc2)[C@H]1S(=O)(=O)c1ccc(Cl)cc1. The smallest absolute Gasteiger partial charge is 0.183 e. The van der Waals surface area contributed by atoms with Crippen LogP contribution in [-0.2, 0) is 14.6 Å². The van der Waals surface area contributed by atoms with E-state index < -0.39 is 26.5 Å². The topological polar surface area (TPSA) is 69.4 Å². The first-order valence-corrected chi connectivity index (χ1v) is 9.84. The van der Waals surface area contributed by atoms with Crippen molar-refractivity contribution in [3.63, 3.8) is 0 Å². The molecule has 0 saturated heterocycles. The molecule has 0 amide bonds. The highest BCUT2D eigenvalue weighted by molar-refractivity contribution is 7.92. The predicted molar refractivity (Wildman–Crippen MR) is 95.0 cm³/mol. The standard InChI is InChI=1S/C18H19ClFNO3S/c1-2-24-11-18(21)16(12-3-7-14(20)8-4-12)17(18)25(22,23)15-9-5-13(19)6-10-15/h3-10,16-17H,2,11,21H2,1H3/t16-,17-,18+/m1/s1. The minimum atomic E-state index is -3.69. The zero-order chi connectivity index (χ0) is 18.2. The zero-order valence-electron chi connectivity index (χ0n) is 13.7. The van der Waals surface area contributed by atoms with Crippen LogP contribution in [-0.4, -0.2) is 32.4 Å². The van der Waals surface area contributed by atoms with E-state index in [-0.39, 0.29) is 17.3 Å². The number of ether oxygens (including phenoxy) is 1. The highest BCUT2D eigenvalue weighted by atomic mass is 35.5. The number of sulfone groups is 1. The van der Waals surface area contributed by atoms with Gasteiger partial charge in [0.2, 0.25) is 0 Å². The molecule has 0 bridgehead atoms. The predicted octanol–water partition coefficient (Wildman–Crippen LogP) is 3.15. The summed E-state index contributed by atoms with van der Waals surface area (Å²) in [6.45, 7) is 2.37. The molecule has 0 aromatic heterocycles. The molecular formula is C18H19ClFNO3S. The second-order valence-corrected chi connectivity index (χ2v) is 8.70. The van der Waals surface area contributed by atoms with Crippen LogP contribution in [0.4, 0.5) is 4.39 Å². The Bertz CT molecular complexity index is 855. The Morgan fingerprint density at radius 2 is 1.76 bits per heavy atom. The van der Waals surface area contributed by atoms with Gasteiger partial charge in [-0.05, 0) is 48.9 Å². The molecule has 1 saturated carbocycles. The van der Waals surface area contributed by atoms with Crippen LogP contribution in [0, 0.1) is 5.82 Å². The molecule has 0 spiro atoms. The molecule has 25 heavy (non-hydrogen) atoms. The molecule has 0 radical (unpaired) electrons. The van der Waals surface area contributed by atoms with Gasteiger partial charge in [-0.2, -0.15) is 0 Å². The van der Waals surface area contributed by atoms with Crippen LogP contribution in [0.1, 0.15) is 18.4 Å². The Morgan fingerprint density at radius 1 is 1.16 bits per heavy atom. The lowest BCUT2D eigenvalue weighted by molar-refractivity contribution is 0.125. The maximum absolute atomic E-state index is 13.2. The summed E-state index contributed by atoms with van der Waals surface area (Å²) < 4.78 is 44.8. The van der Waals surface area contributed by atoms with Crippen molar-refractivity contribution in [2.75, 3.05) is 13.2 Å². The average Bonchev–Trinajstić information content (AvgIpc) is 3.21. The highest BCUT2D eigenvalue weighted by Crippen LogP contribution is 2.55. The van der Waals surface area contributed by atoms with Crippen molar-refractivity contribution in [2.24, 2.45) is 5.73 Å². The van der Waals surface area contributed by atoms with Crippen LogP contribution in [0.3, 0.4) is 0 Å². The van der Waals surface area contributed by atoms with Crippen LogP contribution in [0.15, 0.2) is 53.4 Å². The number of benzene rings is 2. The normalized spacial score (nSPS) is 25.8. The molecule has 1 aliphatic carbocycles. The van der Waals surface area contributed by atoms with Crippen LogP contribution in [0.25, 0.3) is 0 Å². The molecule has 1 fully saturated rings. The van der Waals surface area contributed by atoms with Crippen molar-refractivity contribution >= 4 is 21.4 Å². The van der Waals surface area contributed by atoms with E-state index in [1.54, 1.807) is 12.1 Å². The van der Waals surface area contributed by atoms with Crippen LogP contribution < -0.4 is 5.73 Å². The maximum atomic E-state index is 13.2. The van der Waals surface area contributed by atoms with E-state index in [1.807, 2.05) is 6.92 Å². The Hall–Kier alpha value is -1.47. The fraction of sp³-hybridized carbons (Fsp3) is 0.333. The van der Waals surface area contributed by atoms with Gasteiger partial charge in [0.05, 0.1) is 22.3 Å². The van der Waals surface area contributed by atoms with Gasteiger partial charge in [-0.25, -0.2) is 12.8 Å². The molecule has 3 atom stereocenters. The fourth-order valence-corrected chi connectivity index (χ4v) is 5.68. The molecule has 2 N–H and O–H groups in total. The first kappa shape index (κ1) is 18.3. The summed E-state index contributed by atoms with van der Waals surface area (Å²) in [7, 11) is -3.69. The Labute approximate surface area is 151 Å². The average molecular weight is 384 g/mol. The molecule has 7 heteroatoms. The molecule has 2 aromatic rings. The summed E-state index contributed by atoms with van der Waals surface area (Å²) in [5.41, 5.74) is 6.06. The minimum absolute atomic E-state index is 0.114. The molecule has 0 aliphatic heterocycles. The molecule has 0 heterocycles. The van der Waals surface area contributed by atoms with Gasteiger partial charge in [0.15, 0.2) is 9.84 Å². The number of halogens is 2. The van der Waals surface area contributed by atoms with Crippen molar-refractivity contribution < 1.29 is 17.5 Å². The van der Waals surface area contributed by atoms with Gasteiger partial charge in [0.1, 0.15) is 5.82 Å². The molecule has 2 aromatic carbocycles. The monoisotopic (exact) mass is 383 g/mol. The van der Waals surface area contributed by atoms with Gasteiger partial charge in [0, 0.05) is 17.5 Å². The summed E-state index contributed by atoms with van der Waals surface area (Å²) >= 11 is 5.85. The first-order valence-electron chi connectivity index (χ1n) is 7.92. The summed E-state index contributed by atoms with van der Waals surface area (Å²) in [6.07, 6.45) is 0. The lowest BCUT2D eigenvalue weighted by Crippen LogP contribution is -2.36. The van der Waals surface area contributed by atoms with Crippen LogP contribution >= 0.6 is 11.6 Å². The van der Waals surface area contributed by atoms with Gasteiger partial charge >= 0.3 is 0 Å². The lowest BCUT2D eigenvalue weighted by atomic mass is 10.1. The third-order valence-corrected chi connectivity index (χ3v) is 7.12. The third-order valence-electron chi connectivity index (χ3n) is 4.56. The third kappa shape index (κ3) is 3.31. The van der Waals surface area contributed by atoms with Gasteiger partial charge in [-0.1, -0.05) is 23.7 Å². The van der Waals surface area contributed by atoms with E-state index in [2.05, 4.69) is 0 Å². The molecule has 134 valence electrons. The second-order valence-electron chi connectivity index (χ2n) is 6.20. The van der Waals surface area contributed by atoms with Crippen LogP contribution in [0.2, 0.25) is 5.02 Å². The highest BCUT2D eigenvalue weighted by Gasteiger charge is 2.69. The van der Waals surface area contributed by atoms with E-state index in [0.717, 1.165) is 0 Å². The summed E-state index contributed by atoms with van der Waals surface area (Å²) in [6, 6.07) is 11.8. The van der Waals surface area contributed by atoms with Gasteiger partial charge in [-0.3, -0.25) is 0 Å². The maximum Gasteiger partial charge on any atom is 0.183 e. The number of nitrogens with two attached hydrogens (primary N) is 1. The number of hydrogen-bond acceptors (Lipinski definition) is 4. The zero-order valence-corrected chi connectivity index (χ0v) is 15.2. The molecule has 4 nitrogen and oxygen atoms in total. The Morgan fingerprint density at radius 3 is 2.32 bits per heavy atom. The summed E-state index contributed by atoms with van der Waals surface area (Å²) in [5, 5.41) is -0.378. The fourth-order valence-electron chi connectivity index (χ4n) is 3.27. The quantitative estimate of drug-likeness (QED) is 0.831. The second kappa shape index (κ2) is 6.68. The van der Waals surface area contributed by atoms with Crippen molar-refractivity contribution in [2.45, 2.75) is 28.5 Å². The van der Waals surface area contributed by atoms with Gasteiger partial charge in [-0.15, -0.1) is 0 Å². The lowest BCUT2D eigenvalue weighted by Gasteiger charge is -2.12. The number of hydrogen-bond donors (Lipinski definition) is 1. The Balaban J connectivity index is 1.99. The van der Waals surface area contributed by atoms with Crippen molar-refractivity contribution in [3.8, 4) is 0 Å². The van der Waals surface area contributed by atoms with Crippen molar-refractivity contribution in [3.05, 3.63) is 64.9 Å². The van der Waals surface area contributed by atoms with E-state index in [1.165, 1.54) is 36.4 Å². The van der Waals surface area contributed by atoms with Gasteiger partial charge < -0.3 is 10.5 Å². The van der Waals surface area contributed by atoms with E-state index in [4.69, 9.17) is 22.1 Å². The summed E-state index contributed by atoms with van der Waals surface area (Å²) in [5.74, 6) is -0.839.